The fraction of sp³-hybridized carbons (Fsp3) is 0.263. The maximum atomic E-state index is 12.7. The van der Waals surface area contributed by atoms with Crippen LogP contribution in [0.2, 0.25) is 0 Å². The zero-order valence-corrected chi connectivity index (χ0v) is 72.2. The number of ether oxygens (including phenoxy) is 3. The molecule has 49 heteroatoms. The van der Waals surface area contributed by atoms with E-state index < -0.39 is 44.6 Å². The summed E-state index contributed by atoms with van der Waals surface area (Å²) < 4.78 is 99.9. The number of benzene rings is 4. The molecule has 5 aromatic heterocycles. The third-order valence-electron chi connectivity index (χ3n) is 19.2. The number of thioether (sulfide) groups is 4. The molecular weight excluding hydrogens is 1790 g/mol. The number of carbonyl (C=O) groups is 8. The molecule has 0 bridgehead atoms. The number of nitrogens with one attached hydrogen (secondary N) is 2. The Kier molecular flexibility index (Phi) is 33.2. The second-order valence-corrected chi connectivity index (χ2v) is 33.3. The van der Waals surface area contributed by atoms with Gasteiger partial charge in [-0.15, -0.1) is 33.7 Å². The van der Waals surface area contributed by atoms with Crippen molar-refractivity contribution in [1.29, 1.82) is 0 Å². The van der Waals surface area contributed by atoms with Crippen LogP contribution in [0.3, 0.4) is 0 Å². The van der Waals surface area contributed by atoms with Gasteiger partial charge in [-0.2, -0.15) is 48.2 Å². The molecule has 16 rings (SSSR count). The zero-order valence-electron chi connectivity index (χ0n) is 68.1. The number of amides is 3. The van der Waals surface area contributed by atoms with Crippen LogP contribution in [0, 0.1) is 11.1 Å². The van der Waals surface area contributed by atoms with Crippen molar-refractivity contribution in [2.75, 3.05) is 61.6 Å². The van der Waals surface area contributed by atoms with E-state index in [1.807, 2.05) is 30.3 Å². The highest BCUT2D eigenvalue weighted by Gasteiger charge is 2.47. The quantitative estimate of drug-likeness (QED) is 0.00673. The summed E-state index contributed by atoms with van der Waals surface area (Å²) in [6, 6.07) is 34.1. The van der Waals surface area contributed by atoms with E-state index in [0.29, 0.717) is 105 Å². The van der Waals surface area contributed by atoms with E-state index >= 15 is 0 Å². The molecule has 676 valence electrons. The number of halogens is 3. The van der Waals surface area contributed by atoms with E-state index in [-0.39, 0.29) is 128 Å². The first-order valence-corrected chi connectivity index (χ1v) is 43.9. The molecule has 3 amide bonds. The van der Waals surface area contributed by atoms with Crippen LogP contribution in [-0.4, -0.2) is 204 Å². The highest BCUT2D eigenvalue weighted by atomic mass is 32.2. The van der Waals surface area contributed by atoms with Crippen LogP contribution in [-0.2, 0) is 58.8 Å². The number of oxime groups is 2. The maximum absolute atomic E-state index is 12.7. The monoisotopic (exact) mass is 1870 g/mol. The van der Waals surface area contributed by atoms with Gasteiger partial charge in [0.25, 0.3) is 11.8 Å². The Hall–Kier alpha value is -14.2. The van der Waals surface area contributed by atoms with Gasteiger partial charge in [0.15, 0.2) is 34.7 Å². The molecule has 13 N–H and O–H groups in total. The molecule has 2 aliphatic carbocycles. The minimum atomic E-state index is -4.54. The van der Waals surface area contributed by atoms with E-state index in [2.05, 4.69) is 95.0 Å². The number of hydrazone groups is 1. The molecule has 7 aliphatic rings. The van der Waals surface area contributed by atoms with Crippen LogP contribution in [0.15, 0.2) is 233 Å². The zero-order chi connectivity index (χ0) is 92.5. The Morgan fingerprint density at radius 3 is 2.03 bits per heavy atom. The smallest absolute Gasteiger partial charge is 0.416 e. The number of unbranched alkanes of at least 4 members (excludes halogenated alkanes) is 1. The lowest BCUT2D eigenvalue weighted by molar-refractivity contribution is -0.141. The number of amidine groups is 2. The average molecular weight is 1870 g/mol. The normalized spacial score (nSPS) is 18.4. The third kappa shape index (κ3) is 23.9. The van der Waals surface area contributed by atoms with Gasteiger partial charge in [-0.1, -0.05) is 119 Å². The number of allylic oxidation sites excluding steroid dienone is 3. The highest BCUT2D eigenvalue weighted by Crippen LogP contribution is 2.46. The first-order chi connectivity index (χ1) is 62.1. The van der Waals surface area contributed by atoms with Gasteiger partial charge in [-0.3, -0.25) is 38.0 Å². The second kappa shape index (κ2) is 44.8. The van der Waals surface area contributed by atoms with Crippen LogP contribution in [0.1, 0.15) is 111 Å². The number of nitrogens with two attached hydrogens (primary N) is 5. The van der Waals surface area contributed by atoms with Crippen molar-refractivity contribution in [3.63, 3.8) is 0 Å². The lowest BCUT2D eigenvalue weighted by Crippen LogP contribution is -2.47. The average Bonchev–Trinajstić information content (AvgIpc) is 1.57. The van der Waals surface area contributed by atoms with Gasteiger partial charge in [0.05, 0.1) is 96.3 Å². The Morgan fingerprint density at radius 1 is 0.744 bits per heavy atom. The number of carbonyl (C=O) groups excluding carboxylic acids is 8. The van der Waals surface area contributed by atoms with Gasteiger partial charge in [-0.05, 0) is 113 Å². The van der Waals surface area contributed by atoms with Crippen molar-refractivity contribution >= 4 is 151 Å². The van der Waals surface area contributed by atoms with Crippen LogP contribution in [0.25, 0.3) is 22.6 Å². The fourth-order valence-electron chi connectivity index (χ4n) is 12.9. The van der Waals surface area contributed by atoms with Gasteiger partial charge in [-0.25, -0.2) is 24.3 Å². The van der Waals surface area contributed by atoms with Gasteiger partial charge in [0.2, 0.25) is 23.3 Å². The summed E-state index contributed by atoms with van der Waals surface area (Å²) in [7, 11) is -0.496. The number of furan rings is 2. The number of aromatic nitrogens is 7. The first-order valence-electron chi connectivity index (χ1n) is 38.4. The topological polar surface area (TPSA) is 608 Å². The Bertz CT molecular complexity index is 5960. The predicted molar refractivity (Wildman–Crippen MR) is 467 cm³/mol. The van der Waals surface area contributed by atoms with Crippen LogP contribution in [0.4, 0.5) is 24.8 Å². The molecule has 4 fully saturated rings. The lowest BCUT2D eigenvalue weighted by Gasteiger charge is -2.48. The summed E-state index contributed by atoms with van der Waals surface area (Å²) in [5.74, 6) is 1.59. The van der Waals surface area contributed by atoms with Crippen molar-refractivity contribution in [2.45, 2.75) is 79.8 Å². The molecule has 4 atom stereocenters. The molecular formula is C80H79F3N21O20S5-. The maximum Gasteiger partial charge on any atom is 0.416 e. The number of ketones is 2. The van der Waals surface area contributed by atoms with E-state index in [4.69, 9.17) is 37.5 Å². The molecule has 5 aliphatic heterocycles. The largest absolute Gasteiger partial charge is 0.758 e. The highest BCUT2D eigenvalue weighted by molar-refractivity contribution is 8.07. The molecule has 0 radical (unpaired) electrons. The SMILES string of the molecule is COC(=O)C1=C(N)N2C(=O)CSC2=C(C(=O)OC)C1.COC(=O)CCC/C=C1/SC[C@@H](NC(=O)c2ccccc2)/C1=N/O.N/C(=N/OS(=O)(=O)c1ccc(C(F)(F)F)cc1)C1CSCCS1.N/C(=N\N=C\c1ccco1)c1nonc1N.Nc1nonc1-n1nnc(C(=O)N/N=C/c2ccco2)c1-c1ccccc1.O=C1C2=C(C(=O)C3CCCCC3N2[O-])c2ccccc21. The number of Topliss-reactive ketones (excluding diaryl/α,β-unsaturated/α-hetero) is 2. The number of rotatable bonds is 20. The number of nitrogens with zero attached hydrogens (tertiary/aromatic N) is 14. The van der Waals surface area contributed by atoms with Crippen molar-refractivity contribution < 1.29 is 102 Å². The molecule has 41 nitrogen and oxygen atoms in total. The van der Waals surface area contributed by atoms with Crippen LogP contribution < -0.4 is 39.4 Å². The van der Waals surface area contributed by atoms with E-state index in [1.54, 1.807) is 108 Å². The number of hydroxylamine groups is 2. The van der Waals surface area contributed by atoms with Gasteiger partial charge in [0.1, 0.15) is 33.6 Å². The summed E-state index contributed by atoms with van der Waals surface area (Å²) in [6.45, 7) is 0. The van der Waals surface area contributed by atoms with Crippen molar-refractivity contribution in [3.8, 4) is 17.1 Å². The standard InChI is InChI=1S/C17H20N2O4S.C16H12N8O3.C16H14NO3.C12H13F3N2O3S3.C11H12N2O5S.C8H8N6O2/c1-23-15(20)10-6-5-9-14-16(19-22)13(11-24-14)18-17(21)12-7-3-2-4-8-12;17-14-15(22-27-21-14)24-13(10-5-2-1-3-6-10)12(19-23-24)16(25)20-18-9-11-7-4-8-26-11;18-15-11-7-3-4-8-12(11)17(20)14-13(15)9-5-1-2-6-10(9)16(14)19;13-12(14,15)8-1-3-9(4-2-8)23(18,19)20-17-11(16)10-7-21-5-6-22-10;1-17-10(15)5-3-6(11(16)18-2)9-13(8(5)12)7(14)4-19-9;9-7(6-8(10)14-16-13-6)12-11-4-5-2-1-3-15-5/h2-4,7-9,13,22H,5-6,10-11H2,1H3,(H,18,21);1-9H,(H2,17,21)(H,20,25);1-2,5-6,11-12H,3-4,7-8H2;1-4,10H,5-7H2,(H2,16,17);3-4,12H2,1-2H3;1-4H,(H2,9,12)(H2,10,14)/q;;-1;;;/b14-9+,19-16-;18-9+;;;;11-4+/t13-;;;;;/m1...../s1. The van der Waals surface area contributed by atoms with E-state index in [9.17, 15) is 70.4 Å². The number of esters is 3. The molecule has 3 unspecified atom stereocenters. The number of hydrogen-bond donors (Lipinski definition) is 8. The molecule has 3 saturated heterocycles. The van der Waals surface area contributed by atoms with Crippen molar-refractivity contribution in [1.82, 2.24) is 56.3 Å². The number of nitrogen functional groups attached to an aromatic ring is 2. The molecule has 0 spiro atoms. The molecule has 4 aromatic carbocycles. The van der Waals surface area contributed by atoms with Gasteiger partial charge in [0, 0.05) is 69.4 Å². The van der Waals surface area contributed by atoms with Crippen molar-refractivity contribution in [3.05, 3.63) is 235 Å². The number of alkyl halides is 3. The molecule has 9 aromatic rings. The van der Waals surface area contributed by atoms with Gasteiger partial charge >= 0.3 is 34.2 Å². The molecule has 129 heavy (non-hydrogen) atoms. The summed E-state index contributed by atoms with van der Waals surface area (Å²) in [4.78, 5) is 97.7. The van der Waals surface area contributed by atoms with Crippen LogP contribution >= 0.6 is 47.0 Å². The lowest BCUT2D eigenvalue weighted by atomic mass is 9.76. The second-order valence-electron chi connectivity index (χ2n) is 27.3. The number of fused-ring (bicyclic) bond motifs is 4. The van der Waals surface area contributed by atoms with E-state index in [1.165, 1.54) is 79.4 Å². The van der Waals surface area contributed by atoms with Crippen molar-refractivity contribution in [2.24, 2.45) is 48.7 Å². The number of methoxy groups -OCH3 is 3. The summed E-state index contributed by atoms with van der Waals surface area (Å²) >= 11 is 5.94. The summed E-state index contributed by atoms with van der Waals surface area (Å²) in [5.41, 5.74) is 33.8. The summed E-state index contributed by atoms with van der Waals surface area (Å²) in [6.07, 6.45) is 8.27. The minimum Gasteiger partial charge on any atom is -0.758 e. The minimum absolute atomic E-state index is 0.00269. The Balaban J connectivity index is 0.000000151. The van der Waals surface area contributed by atoms with Gasteiger partial charge < -0.3 is 72.5 Å². The first kappa shape index (κ1) is 95.5. The number of anilines is 2. The summed E-state index contributed by atoms with van der Waals surface area (Å²) in [5, 5.41) is 65.8. The molecule has 1 saturated carbocycles. The Morgan fingerprint density at radius 2 is 1.40 bits per heavy atom. The third-order valence-corrected chi connectivity index (χ3v) is 25.3. The predicted octanol–water partition coefficient (Wildman–Crippen LogP) is 8.59. The van der Waals surface area contributed by atoms with Crippen LogP contribution in [0.5, 0.6) is 0 Å². The Labute approximate surface area is 747 Å². The van der Waals surface area contributed by atoms with E-state index in [0.717, 1.165) is 52.9 Å². The molecule has 10 heterocycles. The number of hydrogen-bond acceptors (Lipinski definition) is 39. The fourth-order valence-corrected chi connectivity index (χ4v) is 18.4.